The summed E-state index contributed by atoms with van der Waals surface area (Å²) in [6, 6.07) is 1.69. The Morgan fingerprint density at radius 3 is 2.44 bits per heavy atom. The zero-order chi connectivity index (χ0) is 30.1. The molecule has 0 radical (unpaired) electrons. The van der Waals surface area contributed by atoms with Gasteiger partial charge in [0.1, 0.15) is 11.5 Å². The summed E-state index contributed by atoms with van der Waals surface area (Å²) in [5, 5.41) is 42.1. The number of aliphatic hydroxyl groups is 2. The number of carbonyl (C=O) groups is 5. The predicted molar refractivity (Wildman–Crippen MR) is 144 cm³/mol. The molecule has 2 saturated carbocycles. The van der Waals surface area contributed by atoms with Gasteiger partial charge in [0.2, 0.25) is 11.7 Å². The molecule has 0 bridgehead atoms. The Balaban J connectivity index is 1.68. The Bertz CT molecular complexity index is 1570. The summed E-state index contributed by atoms with van der Waals surface area (Å²) in [5.74, 6) is -10.2. The Hall–Kier alpha value is -4.42. The third-order valence-corrected chi connectivity index (χ3v) is 8.55. The van der Waals surface area contributed by atoms with Crippen LogP contribution in [-0.4, -0.2) is 88.0 Å². The van der Waals surface area contributed by atoms with Crippen LogP contribution in [0.4, 0.5) is 0 Å². The highest BCUT2D eigenvalue weighted by atomic mass is 16.5. The molecule has 12 nitrogen and oxygen atoms in total. The SMILES string of the molecule is COC(=O)C1=CC(=N)CC(c2ccc(O)c3c2C[C@@H]2C[C@@H]4[C@@H](N(C)C)C(=O)C(C(N)=O)C(=O)[C@]4(O)C(=O)C2=C3O)=C1. The van der Waals surface area contributed by atoms with Crippen LogP contribution < -0.4 is 5.73 Å². The molecule has 12 heteroatoms. The largest absolute Gasteiger partial charge is 0.507 e. The van der Waals surface area contributed by atoms with Crippen LogP contribution in [0, 0.1) is 23.2 Å². The number of methoxy groups -OCH3 is 1. The lowest BCUT2D eigenvalue weighted by molar-refractivity contribution is -0.175. The maximum absolute atomic E-state index is 13.9. The minimum absolute atomic E-state index is 0.0699. The van der Waals surface area contributed by atoms with Gasteiger partial charge in [0.05, 0.1) is 24.3 Å². The molecule has 1 unspecified atom stereocenters. The smallest absolute Gasteiger partial charge is 0.337 e. The molecule has 0 aromatic heterocycles. The van der Waals surface area contributed by atoms with Gasteiger partial charge < -0.3 is 31.2 Å². The minimum Gasteiger partial charge on any atom is -0.507 e. The number of allylic oxidation sites excluding steroid dienone is 2. The van der Waals surface area contributed by atoms with Crippen molar-refractivity contribution in [3.05, 3.63) is 52.1 Å². The average Bonchev–Trinajstić information content (AvgIpc) is 2.89. The highest BCUT2D eigenvalue weighted by Crippen LogP contribution is 2.52. The van der Waals surface area contributed by atoms with Crippen LogP contribution in [-0.2, 0) is 35.1 Å². The Morgan fingerprint density at radius 1 is 1.15 bits per heavy atom. The molecule has 1 aromatic carbocycles. The molecule has 1 aromatic rings. The average molecular weight is 564 g/mol. The third kappa shape index (κ3) is 3.97. The zero-order valence-corrected chi connectivity index (χ0v) is 22.6. The first-order valence-corrected chi connectivity index (χ1v) is 12.9. The fourth-order valence-electron chi connectivity index (χ4n) is 6.82. The molecule has 214 valence electrons. The van der Waals surface area contributed by atoms with Crippen molar-refractivity contribution >= 4 is 46.3 Å². The van der Waals surface area contributed by atoms with Crippen molar-refractivity contribution in [2.24, 2.45) is 23.5 Å². The summed E-state index contributed by atoms with van der Waals surface area (Å²) in [4.78, 5) is 66.3. The van der Waals surface area contributed by atoms with Crippen molar-refractivity contribution in [2.45, 2.75) is 30.9 Å². The number of nitrogens with two attached hydrogens (primary N) is 1. The number of phenolic OH excluding ortho intramolecular Hbond substituents is 1. The number of nitrogens with zero attached hydrogens (tertiary/aromatic N) is 1. The van der Waals surface area contributed by atoms with E-state index >= 15 is 0 Å². The van der Waals surface area contributed by atoms with Gasteiger partial charge in [0.25, 0.3) is 0 Å². The van der Waals surface area contributed by atoms with Gasteiger partial charge in [0, 0.05) is 23.6 Å². The second-order valence-electron chi connectivity index (χ2n) is 11.1. The molecular formula is C29H29N3O9. The van der Waals surface area contributed by atoms with Crippen molar-refractivity contribution in [1.29, 1.82) is 5.41 Å². The quantitative estimate of drug-likeness (QED) is 0.249. The van der Waals surface area contributed by atoms with E-state index in [-0.39, 0.29) is 47.4 Å². The standard InChI is InChI=1S/C29H29N3O9/c1-32(2)22-17-10-12-9-16-15(11-6-13(28(39)41-3)8-14(30)7-11)4-5-18(33)20(16)23(34)19(12)25(36)29(17,40)26(37)21(24(22)35)27(31)38/h4-6,8,12,17,21-22,30,33-34,40H,7,9-10H2,1-3H3,(H2,31,38)/t12-,17-,21?,22-,29-/m1/s1. The summed E-state index contributed by atoms with van der Waals surface area (Å²) in [5.41, 5.74) is 3.96. The molecule has 2 fully saturated rings. The number of carbonyl (C=O) groups excluding carboxylic acids is 5. The number of fused-ring (bicyclic) bond motifs is 3. The van der Waals surface area contributed by atoms with E-state index in [9.17, 15) is 39.3 Å². The molecule has 1 amide bonds. The van der Waals surface area contributed by atoms with Crippen LogP contribution in [0.15, 0.2) is 35.4 Å². The monoisotopic (exact) mass is 563 g/mol. The summed E-state index contributed by atoms with van der Waals surface area (Å²) in [7, 11) is 4.26. The normalized spacial score (nSPS) is 29.4. The summed E-state index contributed by atoms with van der Waals surface area (Å²) in [6.07, 6.45) is 3.07. The first kappa shape index (κ1) is 28.1. The molecule has 0 spiro atoms. The van der Waals surface area contributed by atoms with Gasteiger partial charge in [-0.1, -0.05) is 6.07 Å². The number of ketones is 3. The highest BCUT2D eigenvalue weighted by molar-refractivity contribution is 6.32. The zero-order valence-electron chi connectivity index (χ0n) is 22.6. The maximum atomic E-state index is 13.9. The number of ether oxygens (including phenoxy) is 1. The van der Waals surface area contributed by atoms with Gasteiger partial charge in [-0.2, -0.15) is 0 Å². The maximum Gasteiger partial charge on any atom is 0.337 e. The van der Waals surface area contributed by atoms with Gasteiger partial charge in [-0.25, -0.2) is 4.79 Å². The lowest BCUT2D eigenvalue weighted by Crippen LogP contribution is -2.72. The Morgan fingerprint density at radius 2 is 1.83 bits per heavy atom. The molecule has 4 aliphatic carbocycles. The summed E-state index contributed by atoms with van der Waals surface area (Å²) >= 11 is 0. The van der Waals surface area contributed by atoms with Gasteiger partial charge >= 0.3 is 5.97 Å². The molecule has 0 heterocycles. The number of likely N-dealkylation sites (N-methyl/N-ethyl adjacent to an activating group) is 1. The highest BCUT2D eigenvalue weighted by Gasteiger charge is 2.67. The minimum atomic E-state index is -2.80. The van der Waals surface area contributed by atoms with Crippen molar-refractivity contribution in [1.82, 2.24) is 4.90 Å². The van der Waals surface area contributed by atoms with Crippen LogP contribution in [0.3, 0.4) is 0 Å². The van der Waals surface area contributed by atoms with Gasteiger partial charge in [-0.05, 0) is 67.8 Å². The first-order chi connectivity index (χ1) is 19.2. The summed E-state index contributed by atoms with van der Waals surface area (Å²) in [6.45, 7) is 0. The molecule has 41 heavy (non-hydrogen) atoms. The van der Waals surface area contributed by atoms with E-state index in [0.29, 0.717) is 16.7 Å². The number of Topliss-reactive ketones (excluding diaryl/α,β-unsaturated/α-hetero) is 3. The van der Waals surface area contributed by atoms with Gasteiger partial charge in [-0.15, -0.1) is 0 Å². The van der Waals surface area contributed by atoms with Crippen LogP contribution in [0.1, 0.15) is 29.5 Å². The van der Waals surface area contributed by atoms with E-state index in [1.807, 2.05) is 0 Å². The molecule has 0 aliphatic heterocycles. The van der Waals surface area contributed by atoms with Crippen LogP contribution >= 0.6 is 0 Å². The number of primary amides is 1. The lowest BCUT2D eigenvalue weighted by Gasteiger charge is -2.51. The van der Waals surface area contributed by atoms with E-state index in [0.717, 1.165) is 0 Å². The lowest BCUT2D eigenvalue weighted by atomic mass is 9.54. The van der Waals surface area contributed by atoms with Crippen LogP contribution in [0.2, 0.25) is 0 Å². The Kier molecular flexibility index (Phi) is 6.58. The Labute approximate surface area is 234 Å². The number of hydrogen-bond acceptors (Lipinski definition) is 11. The molecule has 6 N–H and O–H groups in total. The molecular weight excluding hydrogens is 534 g/mol. The molecule has 0 saturated heterocycles. The number of aromatic hydroxyl groups is 1. The van der Waals surface area contributed by atoms with Gasteiger partial charge in [-0.3, -0.25) is 24.1 Å². The number of phenols is 1. The molecule has 5 rings (SSSR count). The van der Waals surface area contributed by atoms with Crippen molar-refractivity contribution in [3.8, 4) is 5.75 Å². The van der Waals surface area contributed by atoms with Crippen molar-refractivity contribution < 1.29 is 44.0 Å². The van der Waals surface area contributed by atoms with Crippen molar-refractivity contribution in [2.75, 3.05) is 21.2 Å². The van der Waals surface area contributed by atoms with E-state index in [4.69, 9.17) is 15.9 Å². The fraction of sp³-hybridized carbons (Fsp3) is 0.379. The molecule has 4 aliphatic rings. The number of nitrogens with one attached hydrogen (secondary N) is 1. The topological polar surface area (TPSA) is 208 Å². The van der Waals surface area contributed by atoms with E-state index in [2.05, 4.69) is 0 Å². The van der Waals surface area contributed by atoms with Crippen LogP contribution in [0.5, 0.6) is 5.75 Å². The van der Waals surface area contributed by atoms with E-state index in [1.165, 1.54) is 38.2 Å². The number of benzene rings is 1. The number of esters is 1. The number of amides is 1. The fourth-order valence-corrected chi connectivity index (χ4v) is 6.82. The predicted octanol–water partition coefficient (Wildman–Crippen LogP) is 0.243. The third-order valence-electron chi connectivity index (χ3n) is 8.55. The van der Waals surface area contributed by atoms with E-state index < -0.39 is 64.4 Å². The number of aliphatic hydroxyl groups excluding tert-OH is 1. The molecule has 5 atom stereocenters. The second kappa shape index (κ2) is 9.60. The summed E-state index contributed by atoms with van der Waals surface area (Å²) < 4.78 is 4.80. The van der Waals surface area contributed by atoms with E-state index in [1.54, 1.807) is 12.1 Å². The van der Waals surface area contributed by atoms with Crippen LogP contribution in [0.25, 0.3) is 11.3 Å². The first-order valence-electron chi connectivity index (χ1n) is 12.9. The second-order valence-corrected chi connectivity index (χ2v) is 11.1. The number of hydrogen-bond donors (Lipinski definition) is 5. The van der Waals surface area contributed by atoms with Crippen molar-refractivity contribution in [3.63, 3.8) is 0 Å². The number of rotatable bonds is 4. The van der Waals surface area contributed by atoms with Gasteiger partial charge in [0.15, 0.2) is 23.1 Å².